The topological polar surface area (TPSA) is 79.2 Å². The fourth-order valence-corrected chi connectivity index (χ4v) is 3.20. The molecule has 5 heteroatoms. The number of aliphatic hydroxyl groups is 3. The van der Waals surface area contributed by atoms with Gasteiger partial charge in [0.15, 0.2) is 0 Å². The van der Waals surface area contributed by atoms with Gasteiger partial charge in [-0.3, -0.25) is 0 Å². The molecule has 0 bridgehead atoms. The fourth-order valence-electron chi connectivity index (χ4n) is 3.20. The second-order valence-electron chi connectivity index (χ2n) is 7.32. The average Bonchev–Trinajstić information content (AvgIpc) is 2.65. The van der Waals surface area contributed by atoms with E-state index in [1.54, 1.807) is 0 Å². The summed E-state index contributed by atoms with van der Waals surface area (Å²) in [6, 6.07) is 0. The summed E-state index contributed by atoms with van der Waals surface area (Å²) in [6.45, 7) is 2.73. The highest BCUT2D eigenvalue weighted by Gasteiger charge is 2.38. The molecular weight excluding hydrogens is 332 g/mol. The van der Waals surface area contributed by atoms with E-state index < -0.39 is 24.4 Å². The number of aliphatic hydroxyl groups excluding tert-OH is 3. The molecule has 0 aromatic heterocycles. The molecule has 0 saturated carbocycles. The van der Waals surface area contributed by atoms with Crippen LogP contribution >= 0.6 is 0 Å². The molecule has 3 N–H and O–H groups in total. The maximum Gasteiger partial charge on any atom is 0.111 e. The normalized spacial score (nSPS) is 26.6. The quantitative estimate of drug-likeness (QED) is 0.303. The van der Waals surface area contributed by atoms with Gasteiger partial charge in [-0.05, 0) is 25.7 Å². The molecule has 5 nitrogen and oxygen atoms in total. The van der Waals surface area contributed by atoms with Gasteiger partial charge in [0.25, 0.3) is 0 Å². The van der Waals surface area contributed by atoms with E-state index in [2.05, 4.69) is 19.1 Å². The predicted octanol–water partition coefficient (Wildman–Crippen LogP) is 3.35. The highest BCUT2D eigenvalue weighted by Crippen LogP contribution is 2.18. The first-order valence-corrected chi connectivity index (χ1v) is 10.6. The molecule has 0 unspecified atom stereocenters. The Bertz CT molecular complexity index is 347. The van der Waals surface area contributed by atoms with Crippen molar-refractivity contribution < 1.29 is 24.8 Å². The lowest BCUT2D eigenvalue weighted by atomic mass is 10.0. The SMILES string of the molecule is CCCC/C=C/CCCCCCCCCO[C@@H]1CO[C@@H](CO)[C@H](O)[C@H]1O. The molecule has 1 fully saturated rings. The molecule has 0 aliphatic carbocycles. The van der Waals surface area contributed by atoms with Crippen LogP contribution < -0.4 is 0 Å². The van der Waals surface area contributed by atoms with Crippen molar-refractivity contribution in [3.05, 3.63) is 12.2 Å². The first-order valence-electron chi connectivity index (χ1n) is 10.6. The van der Waals surface area contributed by atoms with Gasteiger partial charge in [-0.15, -0.1) is 0 Å². The van der Waals surface area contributed by atoms with Crippen LogP contribution in [-0.4, -0.2) is 59.6 Å². The maximum atomic E-state index is 9.97. The van der Waals surface area contributed by atoms with Crippen LogP contribution in [0.1, 0.15) is 77.6 Å². The zero-order valence-electron chi connectivity index (χ0n) is 16.5. The number of hydrogen-bond donors (Lipinski definition) is 3. The minimum absolute atomic E-state index is 0.219. The Morgan fingerprint density at radius 3 is 2.15 bits per heavy atom. The Morgan fingerprint density at radius 1 is 0.885 bits per heavy atom. The van der Waals surface area contributed by atoms with Gasteiger partial charge in [0.05, 0.1) is 13.2 Å². The van der Waals surface area contributed by atoms with Crippen molar-refractivity contribution >= 4 is 0 Å². The van der Waals surface area contributed by atoms with Gasteiger partial charge in [-0.2, -0.15) is 0 Å². The van der Waals surface area contributed by atoms with Crippen molar-refractivity contribution in [1.82, 2.24) is 0 Å². The fraction of sp³-hybridized carbons (Fsp3) is 0.905. The molecule has 0 aromatic carbocycles. The zero-order chi connectivity index (χ0) is 19.0. The molecule has 1 heterocycles. The molecule has 0 spiro atoms. The van der Waals surface area contributed by atoms with Crippen LogP contribution in [0.15, 0.2) is 12.2 Å². The van der Waals surface area contributed by atoms with Gasteiger partial charge >= 0.3 is 0 Å². The predicted molar refractivity (Wildman–Crippen MR) is 104 cm³/mol. The number of rotatable bonds is 15. The summed E-state index contributed by atoms with van der Waals surface area (Å²) in [4.78, 5) is 0. The summed E-state index contributed by atoms with van der Waals surface area (Å²) in [6.07, 6.45) is 14.9. The van der Waals surface area contributed by atoms with Gasteiger partial charge in [0, 0.05) is 6.61 Å². The van der Waals surface area contributed by atoms with Crippen LogP contribution in [0.25, 0.3) is 0 Å². The largest absolute Gasteiger partial charge is 0.394 e. The Labute approximate surface area is 159 Å². The molecule has 0 aromatic rings. The monoisotopic (exact) mass is 372 g/mol. The zero-order valence-corrected chi connectivity index (χ0v) is 16.5. The molecule has 26 heavy (non-hydrogen) atoms. The summed E-state index contributed by atoms with van der Waals surface area (Å²) in [5, 5.41) is 28.8. The van der Waals surface area contributed by atoms with Crippen LogP contribution in [0.4, 0.5) is 0 Å². The average molecular weight is 373 g/mol. The molecule has 0 radical (unpaired) electrons. The molecule has 1 aliphatic rings. The summed E-state index contributed by atoms with van der Waals surface area (Å²) in [7, 11) is 0. The number of ether oxygens (including phenoxy) is 2. The Hall–Kier alpha value is -0.460. The number of allylic oxidation sites excluding steroid dienone is 2. The van der Waals surface area contributed by atoms with Gasteiger partial charge in [-0.25, -0.2) is 0 Å². The second kappa shape index (κ2) is 15.6. The van der Waals surface area contributed by atoms with E-state index in [1.165, 1.54) is 57.8 Å². The van der Waals surface area contributed by atoms with E-state index in [4.69, 9.17) is 14.6 Å². The van der Waals surface area contributed by atoms with Crippen molar-refractivity contribution in [1.29, 1.82) is 0 Å². The molecule has 4 atom stereocenters. The standard InChI is InChI=1S/C21H40O5/c1-2-3-4-5-6-7-8-9-10-11-12-13-14-15-25-19-17-26-18(16-22)20(23)21(19)24/h5-6,18-24H,2-4,7-17H2,1H3/b6-5+/t18-,19+,20-,21-/m0/s1. The highest BCUT2D eigenvalue weighted by atomic mass is 16.6. The van der Waals surface area contributed by atoms with E-state index in [0.717, 1.165) is 12.8 Å². The van der Waals surface area contributed by atoms with Crippen molar-refractivity contribution in [2.45, 2.75) is 102 Å². The summed E-state index contributed by atoms with van der Waals surface area (Å²) in [5.74, 6) is 0. The minimum atomic E-state index is -1.08. The van der Waals surface area contributed by atoms with Crippen molar-refractivity contribution in [2.75, 3.05) is 19.8 Å². The van der Waals surface area contributed by atoms with Crippen molar-refractivity contribution in [2.24, 2.45) is 0 Å². The van der Waals surface area contributed by atoms with Crippen molar-refractivity contribution in [3.8, 4) is 0 Å². The van der Waals surface area contributed by atoms with E-state index in [-0.39, 0.29) is 13.2 Å². The van der Waals surface area contributed by atoms with Gasteiger partial charge < -0.3 is 24.8 Å². The molecule has 154 valence electrons. The van der Waals surface area contributed by atoms with E-state index >= 15 is 0 Å². The Balaban J connectivity index is 1.88. The summed E-state index contributed by atoms with van der Waals surface area (Å²) in [5.41, 5.74) is 0. The third-order valence-electron chi connectivity index (χ3n) is 5.00. The number of hydrogen-bond acceptors (Lipinski definition) is 5. The molecule has 1 saturated heterocycles. The van der Waals surface area contributed by atoms with Crippen molar-refractivity contribution in [3.63, 3.8) is 0 Å². The molecule has 1 rings (SSSR count). The first-order chi connectivity index (χ1) is 12.7. The minimum Gasteiger partial charge on any atom is -0.394 e. The lowest BCUT2D eigenvalue weighted by Gasteiger charge is -2.36. The van der Waals surface area contributed by atoms with Crippen LogP contribution in [0.5, 0.6) is 0 Å². The lowest BCUT2D eigenvalue weighted by molar-refractivity contribution is -0.208. The Morgan fingerprint density at radius 2 is 1.50 bits per heavy atom. The number of unbranched alkanes of at least 4 members (excludes halogenated alkanes) is 9. The van der Waals surface area contributed by atoms with E-state index in [9.17, 15) is 10.2 Å². The highest BCUT2D eigenvalue weighted by molar-refractivity contribution is 4.87. The van der Waals surface area contributed by atoms with Gasteiger partial charge in [0.2, 0.25) is 0 Å². The Kier molecular flexibility index (Phi) is 14.1. The van der Waals surface area contributed by atoms with Crippen LogP contribution in [-0.2, 0) is 9.47 Å². The van der Waals surface area contributed by atoms with Gasteiger partial charge in [-0.1, -0.05) is 64.0 Å². The first kappa shape index (κ1) is 23.6. The van der Waals surface area contributed by atoms with E-state index in [1.807, 2.05) is 0 Å². The summed E-state index contributed by atoms with van der Waals surface area (Å²) < 4.78 is 10.9. The smallest absolute Gasteiger partial charge is 0.111 e. The van der Waals surface area contributed by atoms with Crippen LogP contribution in [0.2, 0.25) is 0 Å². The van der Waals surface area contributed by atoms with Gasteiger partial charge in [0.1, 0.15) is 24.4 Å². The third-order valence-corrected chi connectivity index (χ3v) is 5.00. The molecule has 0 amide bonds. The van der Waals surface area contributed by atoms with Crippen LogP contribution in [0.3, 0.4) is 0 Å². The molecular formula is C21H40O5. The van der Waals surface area contributed by atoms with E-state index in [0.29, 0.717) is 6.61 Å². The lowest BCUT2D eigenvalue weighted by Crippen LogP contribution is -2.55. The third kappa shape index (κ3) is 10.0. The van der Waals surface area contributed by atoms with Crippen LogP contribution in [0, 0.1) is 0 Å². The summed E-state index contributed by atoms with van der Waals surface area (Å²) >= 11 is 0. The molecule has 1 aliphatic heterocycles. The second-order valence-corrected chi connectivity index (χ2v) is 7.32. The maximum absolute atomic E-state index is 9.97.